The summed E-state index contributed by atoms with van der Waals surface area (Å²) >= 11 is 0. The average Bonchev–Trinajstić information content (AvgIpc) is 3.07. The molecule has 1 aliphatic heterocycles. The Morgan fingerprint density at radius 1 is 1.12 bits per heavy atom. The first-order valence-corrected chi connectivity index (χ1v) is 8.19. The summed E-state index contributed by atoms with van der Waals surface area (Å²) in [6, 6.07) is 13.8. The summed E-state index contributed by atoms with van der Waals surface area (Å²) in [7, 11) is 3.23. The standard InChI is InChI=1S/C20H22N2O3/c1-13-6-5-7-15(8-13)20-12-19(21-22(20)14(2)23)16-9-17(24-3)11-18(10-16)25-4/h5-11,20H,12H2,1-4H3/t20-/m1/s1. The van der Waals surface area contributed by atoms with Crippen LogP contribution in [0, 0.1) is 6.92 Å². The Morgan fingerprint density at radius 3 is 2.36 bits per heavy atom. The molecular weight excluding hydrogens is 316 g/mol. The van der Waals surface area contributed by atoms with Gasteiger partial charge in [0, 0.05) is 25.0 Å². The zero-order valence-corrected chi connectivity index (χ0v) is 14.9. The number of hydrogen-bond acceptors (Lipinski definition) is 4. The van der Waals surface area contributed by atoms with Crippen molar-refractivity contribution in [1.29, 1.82) is 0 Å². The molecule has 1 amide bonds. The predicted molar refractivity (Wildman–Crippen MR) is 97.1 cm³/mol. The molecule has 1 aliphatic rings. The van der Waals surface area contributed by atoms with Gasteiger partial charge in [-0.15, -0.1) is 0 Å². The third kappa shape index (κ3) is 3.50. The number of hydrogen-bond donors (Lipinski definition) is 0. The Hall–Kier alpha value is -2.82. The van der Waals surface area contributed by atoms with Crippen molar-refractivity contribution in [1.82, 2.24) is 5.01 Å². The first-order chi connectivity index (χ1) is 12.0. The number of carbonyl (C=O) groups is 1. The molecule has 1 atom stereocenters. The zero-order valence-electron chi connectivity index (χ0n) is 14.9. The molecular formula is C20H22N2O3. The minimum Gasteiger partial charge on any atom is -0.497 e. The van der Waals surface area contributed by atoms with Crippen molar-refractivity contribution < 1.29 is 14.3 Å². The number of methoxy groups -OCH3 is 2. The molecule has 0 aromatic heterocycles. The van der Waals surface area contributed by atoms with E-state index >= 15 is 0 Å². The molecule has 0 radical (unpaired) electrons. The van der Waals surface area contributed by atoms with Crippen LogP contribution in [0.2, 0.25) is 0 Å². The highest BCUT2D eigenvalue weighted by molar-refractivity contribution is 6.03. The number of carbonyl (C=O) groups excluding carboxylic acids is 1. The van der Waals surface area contributed by atoms with Gasteiger partial charge in [0.05, 0.1) is 26.0 Å². The second-order valence-electron chi connectivity index (χ2n) is 6.15. The molecule has 0 fully saturated rings. The van der Waals surface area contributed by atoms with Gasteiger partial charge in [0.15, 0.2) is 0 Å². The lowest BCUT2D eigenvalue weighted by Crippen LogP contribution is -2.24. The molecule has 0 N–H and O–H groups in total. The van der Waals surface area contributed by atoms with Crippen LogP contribution in [0.3, 0.4) is 0 Å². The summed E-state index contributed by atoms with van der Waals surface area (Å²) in [5, 5.41) is 6.15. The van der Waals surface area contributed by atoms with Gasteiger partial charge < -0.3 is 9.47 Å². The fourth-order valence-corrected chi connectivity index (χ4v) is 3.09. The number of nitrogens with zero attached hydrogens (tertiary/aromatic N) is 2. The Kier molecular flexibility index (Phi) is 4.74. The van der Waals surface area contributed by atoms with Crippen LogP contribution in [0.25, 0.3) is 0 Å². The van der Waals surface area contributed by atoms with E-state index in [9.17, 15) is 4.79 Å². The molecule has 0 spiro atoms. The summed E-state index contributed by atoms with van der Waals surface area (Å²) in [6.45, 7) is 3.59. The quantitative estimate of drug-likeness (QED) is 0.854. The van der Waals surface area contributed by atoms with E-state index in [4.69, 9.17) is 9.47 Å². The van der Waals surface area contributed by atoms with E-state index in [0.29, 0.717) is 17.9 Å². The van der Waals surface area contributed by atoms with E-state index in [1.54, 1.807) is 26.2 Å². The van der Waals surface area contributed by atoms with Gasteiger partial charge in [-0.1, -0.05) is 29.8 Å². The zero-order chi connectivity index (χ0) is 18.0. The van der Waals surface area contributed by atoms with Gasteiger partial charge in [0.1, 0.15) is 11.5 Å². The number of amides is 1. The lowest BCUT2D eigenvalue weighted by molar-refractivity contribution is -0.130. The molecule has 5 heteroatoms. The smallest absolute Gasteiger partial charge is 0.240 e. The molecule has 0 unspecified atom stereocenters. The maximum Gasteiger partial charge on any atom is 0.240 e. The van der Waals surface area contributed by atoms with Crippen molar-refractivity contribution in [3.8, 4) is 11.5 Å². The van der Waals surface area contributed by atoms with Crippen molar-refractivity contribution in [3.05, 3.63) is 59.2 Å². The highest BCUT2D eigenvalue weighted by atomic mass is 16.5. The van der Waals surface area contributed by atoms with Gasteiger partial charge in [-0.3, -0.25) is 4.79 Å². The van der Waals surface area contributed by atoms with Gasteiger partial charge in [-0.05, 0) is 24.6 Å². The predicted octanol–water partition coefficient (Wildman–Crippen LogP) is 3.71. The maximum atomic E-state index is 12.1. The molecule has 5 nitrogen and oxygen atoms in total. The number of aryl methyl sites for hydroxylation is 1. The van der Waals surface area contributed by atoms with Crippen molar-refractivity contribution in [2.45, 2.75) is 26.3 Å². The van der Waals surface area contributed by atoms with Crippen molar-refractivity contribution in [2.24, 2.45) is 5.10 Å². The Morgan fingerprint density at radius 2 is 1.80 bits per heavy atom. The fourth-order valence-electron chi connectivity index (χ4n) is 3.09. The summed E-state index contributed by atoms with van der Waals surface area (Å²) in [6.07, 6.45) is 0.652. The van der Waals surface area contributed by atoms with E-state index in [2.05, 4.69) is 11.2 Å². The Bertz CT molecular complexity index is 807. The Balaban J connectivity index is 1.99. The van der Waals surface area contributed by atoms with Gasteiger partial charge in [-0.25, -0.2) is 5.01 Å². The fraction of sp³-hybridized carbons (Fsp3) is 0.300. The SMILES string of the molecule is COc1cc(OC)cc(C2=NN(C(C)=O)[C@@H](c3cccc(C)c3)C2)c1. The number of hydrazone groups is 1. The van der Waals surface area contributed by atoms with E-state index in [0.717, 1.165) is 22.4 Å². The summed E-state index contributed by atoms with van der Waals surface area (Å²) in [5.74, 6) is 1.33. The van der Waals surface area contributed by atoms with Crippen LogP contribution in [0.4, 0.5) is 0 Å². The van der Waals surface area contributed by atoms with Crippen LogP contribution in [-0.4, -0.2) is 30.8 Å². The minimum atomic E-state index is -0.0930. The van der Waals surface area contributed by atoms with Gasteiger partial charge in [-0.2, -0.15) is 5.10 Å². The van der Waals surface area contributed by atoms with Crippen LogP contribution in [0.5, 0.6) is 11.5 Å². The summed E-state index contributed by atoms with van der Waals surface area (Å²) in [5.41, 5.74) is 4.00. The lowest BCUT2D eigenvalue weighted by Gasteiger charge is -2.20. The Labute approximate surface area is 147 Å². The highest BCUT2D eigenvalue weighted by Crippen LogP contribution is 2.34. The minimum absolute atomic E-state index is 0.0728. The highest BCUT2D eigenvalue weighted by Gasteiger charge is 2.31. The molecule has 130 valence electrons. The molecule has 0 aliphatic carbocycles. The molecule has 0 saturated carbocycles. The van der Waals surface area contributed by atoms with Crippen LogP contribution in [0.1, 0.15) is 36.1 Å². The molecule has 25 heavy (non-hydrogen) atoms. The van der Waals surface area contributed by atoms with Gasteiger partial charge in [0.2, 0.25) is 5.91 Å². The maximum absolute atomic E-state index is 12.1. The van der Waals surface area contributed by atoms with Crippen LogP contribution < -0.4 is 9.47 Å². The second kappa shape index (κ2) is 6.97. The first-order valence-electron chi connectivity index (χ1n) is 8.19. The summed E-state index contributed by atoms with van der Waals surface area (Å²) < 4.78 is 10.7. The third-order valence-corrected chi connectivity index (χ3v) is 4.34. The van der Waals surface area contributed by atoms with Crippen molar-refractivity contribution >= 4 is 11.6 Å². The van der Waals surface area contributed by atoms with Crippen molar-refractivity contribution in [2.75, 3.05) is 14.2 Å². The van der Waals surface area contributed by atoms with E-state index in [-0.39, 0.29) is 11.9 Å². The third-order valence-electron chi connectivity index (χ3n) is 4.34. The van der Waals surface area contributed by atoms with Crippen LogP contribution in [0.15, 0.2) is 47.6 Å². The molecule has 0 bridgehead atoms. The van der Waals surface area contributed by atoms with E-state index < -0.39 is 0 Å². The number of rotatable bonds is 4. The van der Waals surface area contributed by atoms with E-state index in [1.807, 2.05) is 43.3 Å². The van der Waals surface area contributed by atoms with Crippen LogP contribution >= 0.6 is 0 Å². The number of ether oxygens (including phenoxy) is 2. The lowest BCUT2D eigenvalue weighted by atomic mass is 9.97. The van der Waals surface area contributed by atoms with Gasteiger partial charge >= 0.3 is 0 Å². The van der Waals surface area contributed by atoms with Crippen molar-refractivity contribution in [3.63, 3.8) is 0 Å². The average molecular weight is 338 g/mol. The first kappa shape index (κ1) is 17.0. The largest absolute Gasteiger partial charge is 0.497 e. The topological polar surface area (TPSA) is 51.1 Å². The number of benzene rings is 2. The molecule has 2 aromatic carbocycles. The second-order valence-corrected chi connectivity index (χ2v) is 6.15. The van der Waals surface area contributed by atoms with Crippen LogP contribution in [-0.2, 0) is 4.79 Å². The monoisotopic (exact) mass is 338 g/mol. The molecule has 0 saturated heterocycles. The molecule has 1 heterocycles. The molecule has 3 rings (SSSR count). The summed E-state index contributed by atoms with van der Waals surface area (Å²) in [4.78, 5) is 12.1. The van der Waals surface area contributed by atoms with E-state index in [1.165, 1.54) is 0 Å². The van der Waals surface area contributed by atoms with Gasteiger partial charge in [0.25, 0.3) is 0 Å². The normalized spacial score (nSPS) is 16.6. The molecule has 2 aromatic rings.